The second-order valence-corrected chi connectivity index (χ2v) is 5.14. The summed E-state index contributed by atoms with van der Waals surface area (Å²) in [7, 11) is 0. The monoisotopic (exact) mass is 258 g/mol. The van der Waals surface area contributed by atoms with E-state index in [-0.39, 0.29) is 0 Å². The molecule has 0 atom stereocenters. The number of nitrogens with one attached hydrogen (secondary N) is 1. The molecule has 0 amide bonds. The molecule has 1 saturated heterocycles. The van der Waals surface area contributed by atoms with Gasteiger partial charge >= 0.3 is 0 Å². The number of hydrogen-bond donors (Lipinski definition) is 1. The van der Waals surface area contributed by atoms with Crippen molar-refractivity contribution in [2.75, 3.05) is 31.2 Å². The van der Waals surface area contributed by atoms with Crippen LogP contribution in [0.15, 0.2) is 24.3 Å². The molecule has 1 aliphatic heterocycles. The van der Waals surface area contributed by atoms with Crippen LogP contribution in [0.1, 0.15) is 25.6 Å². The van der Waals surface area contributed by atoms with Crippen LogP contribution in [0.4, 0.5) is 0 Å². The highest BCUT2D eigenvalue weighted by Crippen LogP contribution is 2.18. The molecule has 19 heavy (non-hydrogen) atoms. The van der Waals surface area contributed by atoms with Crippen molar-refractivity contribution in [2.45, 2.75) is 26.2 Å². The van der Waals surface area contributed by atoms with Crippen LogP contribution in [0.25, 0.3) is 11.0 Å². The summed E-state index contributed by atoms with van der Waals surface area (Å²) in [4.78, 5) is 4.83. The van der Waals surface area contributed by atoms with Crippen LogP contribution in [0, 0.1) is 0 Å². The number of para-hydroxylation sites is 2. The Morgan fingerprint density at radius 1 is 1.21 bits per heavy atom. The first-order valence-corrected chi connectivity index (χ1v) is 7.32. The molecule has 0 radical (unpaired) electrons. The second kappa shape index (κ2) is 5.61. The summed E-state index contributed by atoms with van der Waals surface area (Å²) in [6.07, 6.45) is 3.48. The van der Waals surface area contributed by atoms with Crippen molar-refractivity contribution < 1.29 is 0 Å². The van der Waals surface area contributed by atoms with E-state index in [4.69, 9.17) is 4.98 Å². The number of benzene rings is 1. The van der Waals surface area contributed by atoms with Crippen LogP contribution in [0.3, 0.4) is 0 Å². The van der Waals surface area contributed by atoms with E-state index >= 15 is 0 Å². The zero-order valence-corrected chi connectivity index (χ0v) is 11.6. The standard InChI is InChI=1S/C15H22N4/c1-2-3-8-15-17-13-6-4-5-7-14(13)19(15)18-11-9-16-10-12-18/h4-7,16H,2-3,8-12H2,1H3. The Bertz CT molecular complexity index is 540. The molecule has 1 aromatic heterocycles. The van der Waals surface area contributed by atoms with Gasteiger partial charge in [-0.1, -0.05) is 25.5 Å². The molecule has 0 saturated carbocycles. The molecule has 3 rings (SSSR count). The minimum Gasteiger partial charge on any atom is -0.313 e. The van der Waals surface area contributed by atoms with Gasteiger partial charge in [0.1, 0.15) is 5.82 Å². The largest absolute Gasteiger partial charge is 0.313 e. The molecule has 0 bridgehead atoms. The molecule has 4 heteroatoms. The normalized spacial score (nSPS) is 16.2. The maximum absolute atomic E-state index is 4.83. The summed E-state index contributed by atoms with van der Waals surface area (Å²) in [5.74, 6) is 1.21. The maximum Gasteiger partial charge on any atom is 0.128 e. The Morgan fingerprint density at radius 3 is 2.79 bits per heavy atom. The molecule has 1 aliphatic rings. The van der Waals surface area contributed by atoms with Gasteiger partial charge in [-0.05, 0) is 18.6 Å². The fraction of sp³-hybridized carbons (Fsp3) is 0.533. The van der Waals surface area contributed by atoms with Crippen molar-refractivity contribution in [3.8, 4) is 0 Å². The summed E-state index contributed by atoms with van der Waals surface area (Å²) >= 11 is 0. The topological polar surface area (TPSA) is 33.1 Å². The van der Waals surface area contributed by atoms with E-state index in [1.54, 1.807) is 0 Å². The summed E-state index contributed by atoms with van der Waals surface area (Å²) in [5.41, 5.74) is 2.36. The second-order valence-electron chi connectivity index (χ2n) is 5.14. The Labute approximate surface area is 114 Å². The van der Waals surface area contributed by atoms with Crippen LogP contribution in [-0.4, -0.2) is 35.8 Å². The van der Waals surface area contributed by atoms with Crippen molar-refractivity contribution >= 4 is 11.0 Å². The predicted octanol–water partition coefficient (Wildman–Crippen LogP) is 1.92. The first kappa shape index (κ1) is 12.5. The van der Waals surface area contributed by atoms with Crippen molar-refractivity contribution in [3.05, 3.63) is 30.1 Å². The molecule has 4 nitrogen and oxygen atoms in total. The highest BCUT2D eigenvalue weighted by atomic mass is 15.6. The molecule has 2 heterocycles. The Balaban J connectivity index is 2.01. The van der Waals surface area contributed by atoms with E-state index in [9.17, 15) is 0 Å². The number of aromatic nitrogens is 2. The van der Waals surface area contributed by atoms with Crippen LogP contribution >= 0.6 is 0 Å². The molecule has 1 N–H and O–H groups in total. The smallest absolute Gasteiger partial charge is 0.128 e. The van der Waals surface area contributed by atoms with E-state index in [0.29, 0.717) is 0 Å². The molecular weight excluding hydrogens is 236 g/mol. The number of hydrogen-bond acceptors (Lipinski definition) is 3. The number of aryl methyl sites for hydroxylation is 1. The van der Waals surface area contributed by atoms with Gasteiger partial charge in [0.2, 0.25) is 0 Å². The summed E-state index contributed by atoms with van der Waals surface area (Å²) in [6, 6.07) is 8.47. The first-order valence-electron chi connectivity index (χ1n) is 7.32. The third-order valence-electron chi connectivity index (χ3n) is 3.73. The minimum absolute atomic E-state index is 1.06. The van der Waals surface area contributed by atoms with Crippen LogP contribution < -0.4 is 10.3 Å². The molecule has 102 valence electrons. The average molecular weight is 258 g/mol. The number of piperazine rings is 1. The van der Waals surface area contributed by atoms with Gasteiger partial charge < -0.3 is 10.3 Å². The summed E-state index contributed by atoms with van der Waals surface area (Å²) in [5, 5.41) is 5.84. The van der Waals surface area contributed by atoms with Crippen molar-refractivity contribution in [2.24, 2.45) is 0 Å². The van der Waals surface area contributed by atoms with E-state index in [0.717, 1.165) is 38.1 Å². The minimum atomic E-state index is 1.06. The summed E-state index contributed by atoms with van der Waals surface area (Å²) < 4.78 is 2.35. The van der Waals surface area contributed by atoms with Gasteiger partial charge in [0.15, 0.2) is 0 Å². The lowest BCUT2D eigenvalue weighted by Gasteiger charge is -2.32. The number of imidazole rings is 1. The zero-order chi connectivity index (χ0) is 13.1. The van der Waals surface area contributed by atoms with E-state index in [1.165, 1.54) is 24.2 Å². The molecule has 1 aromatic carbocycles. The Hall–Kier alpha value is -1.55. The fourth-order valence-corrected chi connectivity index (χ4v) is 2.73. The lowest BCUT2D eigenvalue weighted by atomic mass is 10.2. The summed E-state index contributed by atoms with van der Waals surface area (Å²) in [6.45, 7) is 6.45. The van der Waals surface area contributed by atoms with Gasteiger partial charge in [0.25, 0.3) is 0 Å². The average Bonchev–Trinajstić information content (AvgIpc) is 2.84. The lowest BCUT2D eigenvalue weighted by molar-refractivity contribution is 0.485. The predicted molar refractivity (Wildman–Crippen MR) is 79.2 cm³/mol. The highest BCUT2D eigenvalue weighted by Gasteiger charge is 2.17. The number of fused-ring (bicyclic) bond motifs is 1. The van der Waals surface area contributed by atoms with Gasteiger partial charge in [0.05, 0.1) is 11.0 Å². The Morgan fingerprint density at radius 2 is 2.00 bits per heavy atom. The van der Waals surface area contributed by atoms with Crippen LogP contribution in [-0.2, 0) is 6.42 Å². The first-order chi connectivity index (χ1) is 9.40. The maximum atomic E-state index is 4.83. The third-order valence-corrected chi connectivity index (χ3v) is 3.73. The van der Waals surface area contributed by atoms with E-state index in [1.807, 2.05) is 0 Å². The quantitative estimate of drug-likeness (QED) is 0.909. The van der Waals surface area contributed by atoms with Gasteiger partial charge in [-0.3, -0.25) is 0 Å². The molecule has 0 spiro atoms. The van der Waals surface area contributed by atoms with Crippen LogP contribution in [0.2, 0.25) is 0 Å². The third kappa shape index (κ3) is 2.45. The molecular formula is C15H22N4. The Kier molecular flexibility index (Phi) is 3.69. The van der Waals surface area contributed by atoms with Gasteiger partial charge in [-0.2, -0.15) is 0 Å². The number of nitrogens with zero attached hydrogens (tertiary/aromatic N) is 3. The van der Waals surface area contributed by atoms with Gasteiger partial charge in [0, 0.05) is 32.6 Å². The molecule has 0 aliphatic carbocycles. The van der Waals surface area contributed by atoms with Crippen molar-refractivity contribution in [1.82, 2.24) is 15.0 Å². The van der Waals surface area contributed by atoms with Gasteiger partial charge in [-0.15, -0.1) is 0 Å². The van der Waals surface area contributed by atoms with E-state index < -0.39 is 0 Å². The lowest BCUT2D eigenvalue weighted by Crippen LogP contribution is -2.49. The molecule has 0 unspecified atom stereocenters. The van der Waals surface area contributed by atoms with Crippen LogP contribution in [0.5, 0.6) is 0 Å². The van der Waals surface area contributed by atoms with E-state index in [2.05, 4.69) is 46.2 Å². The highest BCUT2D eigenvalue weighted by molar-refractivity contribution is 5.76. The molecule has 1 fully saturated rings. The van der Waals surface area contributed by atoms with Crippen molar-refractivity contribution in [3.63, 3.8) is 0 Å². The number of rotatable bonds is 4. The van der Waals surface area contributed by atoms with Gasteiger partial charge in [-0.25, -0.2) is 9.66 Å². The SMILES string of the molecule is CCCCc1nc2ccccc2n1N1CCNCC1. The molecule has 2 aromatic rings. The zero-order valence-electron chi connectivity index (χ0n) is 11.6. The van der Waals surface area contributed by atoms with Crippen molar-refractivity contribution in [1.29, 1.82) is 0 Å². The number of unbranched alkanes of at least 4 members (excludes halogenated alkanes) is 1. The fourth-order valence-electron chi connectivity index (χ4n) is 2.73.